The molecular formula is C22H25BrIN3O4S. The highest BCUT2D eigenvalue weighted by atomic mass is 127. The van der Waals surface area contributed by atoms with E-state index in [2.05, 4.69) is 61.6 Å². The second-order valence-electron chi connectivity index (χ2n) is 6.77. The predicted octanol–water partition coefficient (Wildman–Crippen LogP) is 4.97. The van der Waals surface area contributed by atoms with Crippen molar-refractivity contribution in [1.82, 2.24) is 16.2 Å². The number of carbonyl (C=O) groups excluding carboxylic acids is 2. The van der Waals surface area contributed by atoms with E-state index in [1.54, 1.807) is 43.5 Å². The molecule has 32 heavy (non-hydrogen) atoms. The molecule has 172 valence electrons. The predicted molar refractivity (Wildman–Crippen MR) is 140 cm³/mol. The maximum absolute atomic E-state index is 12.5. The highest BCUT2D eigenvalue weighted by Gasteiger charge is 2.13. The fourth-order valence-corrected chi connectivity index (χ4v) is 4.04. The first-order valence-electron chi connectivity index (χ1n) is 10.0. The number of thiocarbonyl (C=S) groups is 1. The van der Waals surface area contributed by atoms with E-state index in [9.17, 15) is 9.59 Å². The molecule has 0 atom stereocenters. The molecule has 0 fully saturated rings. The smallest absolute Gasteiger partial charge is 0.269 e. The third-order valence-corrected chi connectivity index (χ3v) is 6.05. The van der Waals surface area contributed by atoms with Crippen molar-refractivity contribution < 1.29 is 19.1 Å². The molecular weight excluding hydrogens is 609 g/mol. The number of nitrogens with one attached hydrogen (secondary N) is 3. The first kappa shape index (κ1) is 26.3. The molecule has 0 aliphatic rings. The summed E-state index contributed by atoms with van der Waals surface area (Å²) in [4.78, 5) is 24.7. The summed E-state index contributed by atoms with van der Waals surface area (Å²) >= 11 is 10.6. The van der Waals surface area contributed by atoms with Crippen molar-refractivity contribution in [3.8, 4) is 11.5 Å². The van der Waals surface area contributed by atoms with Crippen LogP contribution in [0.3, 0.4) is 0 Å². The van der Waals surface area contributed by atoms with E-state index in [1.165, 1.54) is 12.8 Å². The van der Waals surface area contributed by atoms with E-state index in [4.69, 9.17) is 21.7 Å². The zero-order valence-corrected chi connectivity index (χ0v) is 22.4. The number of unbranched alkanes of at least 4 members (excludes halogenated alkanes) is 3. The molecule has 0 saturated heterocycles. The first-order valence-corrected chi connectivity index (χ1v) is 12.3. The Morgan fingerprint density at radius 1 is 1.00 bits per heavy atom. The van der Waals surface area contributed by atoms with Gasteiger partial charge in [0.15, 0.2) is 5.11 Å². The molecule has 0 bridgehead atoms. The quantitative estimate of drug-likeness (QED) is 0.156. The Kier molecular flexibility index (Phi) is 11.2. The van der Waals surface area contributed by atoms with E-state index >= 15 is 0 Å². The van der Waals surface area contributed by atoms with Crippen molar-refractivity contribution in [2.45, 2.75) is 32.6 Å². The third-order valence-electron chi connectivity index (χ3n) is 4.38. The van der Waals surface area contributed by atoms with Crippen molar-refractivity contribution in [3.05, 3.63) is 55.6 Å². The number of hydrogen-bond acceptors (Lipinski definition) is 5. The molecule has 0 unspecified atom stereocenters. The lowest BCUT2D eigenvalue weighted by molar-refractivity contribution is 0.0934. The molecule has 0 radical (unpaired) electrons. The Morgan fingerprint density at radius 3 is 2.31 bits per heavy atom. The molecule has 3 N–H and O–H groups in total. The normalized spacial score (nSPS) is 10.2. The van der Waals surface area contributed by atoms with Gasteiger partial charge in [-0.1, -0.05) is 26.2 Å². The van der Waals surface area contributed by atoms with Gasteiger partial charge in [0, 0.05) is 11.1 Å². The molecule has 2 aromatic rings. The maximum Gasteiger partial charge on any atom is 0.269 e. The molecule has 0 aliphatic carbocycles. The molecule has 0 aromatic heterocycles. The van der Waals surface area contributed by atoms with Gasteiger partial charge in [0.05, 0.1) is 21.8 Å². The van der Waals surface area contributed by atoms with E-state index in [0.29, 0.717) is 33.7 Å². The van der Waals surface area contributed by atoms with Crippen LogP contribution >= 0.6 is 50.7 Å². The molecule has 7 nitrogen and oxygen atoms in total. The average Bonchev–Trinajstić information content (AvgIpc) is 2.78. The minimum atomic E-state index is -0.411. The van der Waals surface area contributed by atoms with Gasteiger partial charge in [0.1, 0.15) is 11.5 Å². The number of ether oxygens (including phenoxy) is 2. The summed E-state index contributed by atoms with van der Waals surface area (Å²) < 4.78 is 12.4. The summed E-state index contributed by atoms with van der Waals surface area (Å²) in [6.45, 7) is 2.79. The van der Waals surface area contributed by atoms with Gasteiger partial charge in [-0.3, -0.25) is 25.8 Å². The lowest BCUT2D eigenvalue weighted by atomic mass is 10.2. The standard InChI is InChI=1S/C22H25BrIN3O4S/c1-3-4-5-6-11-31-18-9-7-14(12-16(18)23)20(28)25-22(32)27-26-21(29)15-8-10-19(30-2)17(24)13-15/h7-10,12-13H,3-6,11H2,1-2H3,(H,26,29)(H2,25,27,28,32). The summed E-state index contributed by atoms with van der Waals surface area (Å²) in [6, 6.07) is 10.1. The number of rotatable bonds is 9. The second kappa shape index (κ2) is 13.6. The number of amides is 2. The number of halogens is 2. The van der Waals surface area contributed by atoms with Crippen LogP contribution in [0.5, 0.6) is 11.5 Å². The SMILES string of the molecule is CCCCCCOc1ccc(C(=O)NC(=S)NNC(=O)c2ccc(OC)c(I)c2)cc1Br. The van der Waals surface area contributed by atoms with E-state index in [1.807, 2.05) is 0 Å². The monoisotopic (exact) mass is 633 g/mol. The lowest BCUT2D eigenvalue weighted by Crippen LogP contribution is -2.48. The summed E-state index contributed by atoms with van der Waals surface area (Å²) in [5.41, 5.74) is 5.81. The van der Waals surface area contributed by atoms with Gasteiger partial charge in [0.2, 0.25) is 0 Å². The van der Waals surface area contributed by atoms with Crippen molar-refractivity contribution in [1.29, 1.82) is 0 Å². The minimum absolute atomic E-state index is 0.0288. The van der Waals surface area contributed by atoms with Crippen LogP contribution in [0, 0.1) is 3.57 Å². The van der Waals surface area contributed by atoms with Gasteiger partial charge in [-0.2, -0.15) is 0 Å². The average molecular weight is 634 g/mol. The number of benzene rings is 2. The number of methoxy groups -OCH3 is 1. The number of hydrogen-bond donors (Lipinski definition) is 3. The van der Waals surface area contributed by atoms with E-state index in [-0.39, 0.29) is 5.11 Å². The zero-order chi connectivity index (χ0) is 23.5. The maximum atomic E-state index is 12.5. The van der Waals surface area contributed by atoms with Gasteiger partial charge >= 0.3 is 0 Å². The highest BCUT2D eigenvalue weighted by Crippen LogP contribution is 2.26. The Bertz CT molecular complexity index is 974. The van der Waals surface area contributed by atoms with Crippen molar-refractivity contribution in [2.24, 2.45) is 0 Å². The van der Waals surface area contributed by atoms with Gasteiger partial charge in [-0.15, -0.1) is 0 Å². The number of hydrazine groups is 1. The molecule has 10 heteroatoms. The van der Waals surface area contributed by atoms with Crippen LogP contribution in [0.2, 0.25) is 0 Å². The second-order valence-corrected chi connectivity index (χ2v) is 9.19. The molecule has 0 saturated carbocycles. The topological polar surface area (TPSA) is 88.7 Å². The summed E-state index contributed by atoms with van der Waals surface area (Å²) in [6.07, 6.45) is 4.49. The van der Waals surface area contributed by atoms with E-state index in [0.717, 1.165) is 16.4 Å². The first-order chi connectivity index (χ1) is 15.3. The summed E-state index contributed by atoms with van der Waals surface area (Å²) in [5, 5.41) is 2.50. The van der Waals surface area contributed by atoms with Crippen LogP contribution in [0.15, 0.2) is 40.9 Å². The van der Waals surface area contributed by atoms with Crippen LogP contribution in [0.1, 0.15) is 53.3 Å². The van der Waals surface area contributed by atoms with Crippen molar-refractivity contribution >= 4 is 67.7 Å². The summed E-state index contributed by atoms with van der Waals surface area (Å²) in [7, 11) is 1.56. The van der Waals surface area contributed by atoms with Gasteiger partial charge in [0.25, 0.3) is 11.8 Å². The fourth-order valence-electron chi connectivity index (χ4n) is 2.67. The molecule has 0 heterocycles. The number of carbonyl (C=O) groups is 2. The van der Waals surface area contributed by atoms with Crippen LogP contribution in [0.25, 0.3) is 0 Å². The lowest BCUT2D eigenvalue weighted by Gasteiger charge is -2.12. The molecule has 0 aliphatic heterocycles. The van der Waals surface area contributed by atoms with Crippen LogP contribution in [-0.4, -0.2) is 30.6 Å². The minimum Gasteiger partial charge on any atom is -0.496 e. The fraction of sp³-hybridized carbons (Fsp3) is 0.318. The third kappa shape index (κ3) is 8.21. The molecule has 2 amide bonds. The van der Waals surface area contributed by atoms with Gasteiger partial charge in [-0.25, -0.2) is 0 Å². The largest absolute Gasteiger partial charge is 0.496 e. The molecule has 0 spiro atoms. The van der Waals surface area contributed by atoms with Crippen LogP contribution in [-0.2, 0) is 0 Å². The van der Waals surface area contributed by atoms with Crippen LogP contribution in [0.4, 0.5) is 0 Å². The Hall–Kier alpha value is -1.92. The van der Waals surface area contributed by atoms with Crippen molar-refractivity contribution in [3.63, 3.8) is 0 Å². The van der Waals surface area contributed by atoms with Crippen molar-refractivity contribution in [2.75, 3.05) is 13.7 Å². The Balaban J connectivity index is 1.84. The Labute approximate surface area is 215 Å². The van der Waals surface area contributed by atoms with Gasteiger partial charge < -0.3 is 9.47 Å². The van der Waals surface area contributed by atoms with Crippen LogP contribution < -0.4 is 25.6 Å². The summed E-state index contributed by atoms with van der Waals surface area (Å²) in [5.74, 6) is 0.549. The van der Waals surface area contributed by atoms with Gasteiger partial charge in [-0.05, 0) is 93.6 Å². The molecule has 2 aromatic carbocycles. The molecule has 2 rings (SSSR count). The van der Waals surface area contributed by atoms with E-state index < -0.39 is 11.8 Å². The highest BCUT2D eigenvalue weighted by molar-refractivity contribution is 14.1. The Morgan fingerprint density at radius 2 is 1.69 bits per heavy atom. The zero-order valence-electron chi connectivity index (χ0n) is 17.8.